The Morgan fingerprint density at radius 1 is 0.706 bits per heavy atom. The van der Waals surface area contributed by atoms with E-state index >= 15 is 0 Å². The number of carboxylic acids is 2. The fourth-order valence-electron chi connectivity index (χ4n) is 0. The summed E-state index contributed by atoms with van der Waals surface area (Å²) in [6, 6.07) is 0. The predicted molar refractivity (Wildman–Crippen MR) is 27.4 cm³/mol. The van der Waals surface area contributed by atoms with Gasteiger partial charge >= 0.3 is 24.3 Å². The van der Waals surface area contributed by atoms with E-state index in [-0.39, 0.29) is 50.7 Å². The summed E-state index contributed by atoms with van der Waals surface area (Å²) in [4.78, 5) is 17.8. The van der Waals surface area contributed by atoms with Gasteiger partial charge in [-0.05, 0) is 0 Å². The maximum atomic E-state index is 10.6. The van der Waals surface area contributed by atoms with Crippen LogP contribution in [0.25, 0.3) is 0 Å². The van der Waals surface area contributed by atoms with Crippen LogP contribution >= 0.6 is 0 Å². The van der Waals surface area contributed by atoms with Gasteiger partial charge in [0.2, 0.25) is 0 Å². The number of aliphatic carboxylic acids is 2. The van der Waals surface area contributed by atoms with Crippen molar-refractivity contribution in [3.05, 3.63) is 0 Å². The zero-order valence-electron chi connectivity index (χ0n) is 7.23. The largest absolute Gasteiger partial charge is 1.00 e. The summed E-state index contributed by atoms with van der Waals surface area (Å²) < 4.78 is 63.5. The molecule has 0 atom stereocenters. The van der Waals surface area contributed by atoms with Gasteiger partial charge in [0.1, 0.15) is 0 Å². The molecule has 0 saturated heterocycles. The predicted octanol–water partition coefficient (Wildman–Crippen LogP) is -4.73. The molecule has 0 saturated carbocycles. The molecule has 0 aromatic rings. The maximum absolute atomic E-state index is 10.6. The molecule has 0 aromatic carbocycles. The van der Waals surface area contributed by atoms with E-state index in [4.69, 9.17) is 19.8 Å². The third-order valence-corrected chi connectivity index (χ3v) is 0.485. The minimum absolute atomic E-state index is 0. The molecule has 17 heavy (non-hydrogen) atoms. The molecule has 4 nitrogen and oxygen atoms in total. The van der Waals surface area contributed by atoms with Crippen LogP contribution in [-0.2, 0) is 35.4 Å². The van der Waals surface area contributed by atoms with Crippen LogP contribution in [0, 0.1) is 0 Å². The van der Waals surface area contributed by atoms with Crippen LogP contribution in [0.4, 0.5) is 26.3 Å². The van der Waals surface area contributed by atoms with Crippen molar-refractivity contribution in [3.63, 3.8) is 0 Å². The molecule has 0 heterocycles. The Kier molecular flexibility index (Phi) is 19.7. The molecule has 2 N–H and O–H groups in total. The summed E-state index contributed by atoms with van der Waals surface area (Å²) in [6.45, 7) is 0. The minimum atomic E-state index is -5.08. The molecule has 0 spiro atoms. The first-order valence-corrected chi connectivity index (χ1v) is 2.49. The molecule has 0 aliphatic rings. The molecule has 13 heteroatoms. The molecule has 104 valence electrons. The average Bonchev–Trinajstić information content (AvgIpc) is 1.83. The number of halogens is 8. The number of rotatable bonds is 0. The van der Waals surface area contributed by atoms with Gasteiger partial charge in [-0.1, -0.05) is 0 Å². The Labute approximate surface area is 121 Å². The first-order chi connectivity index (χ1) is 5.89. The molecule has 0 aromatic heterocycles. The van der Waals surface area contributed by atoms with Gasteiger partial charge in [-0.15, -0.1) is 0 Å². The van der Waals surface area contributed by atoms with Gasteiger partial charge in [-0.3, -0.25) is 0 Å². The van der Waals surface area contributed by atoms with Crippen LogP contribution in [0.2, 0.25) is 0 Å². The van der Waals surface area contributed by atoms with Crippen molar-refractivity contribution >= 4 is 11.9 Å². The molecule has 0 fully saturated rings. The van der Waals surface area contributed by atoms with Crippen molar-refractivity contribution in [2.24, 2.45) is 0 Å². The van der Waals surface area contributed by atoms with Crippen LogP contribution in [0.5, 0.6) is 0 Å². The Hall–Kier alpha value is -0.0299. The monoisotopic (exact) mass is 478 g/mol. The fraction of sp³-hybridized carbons (Fsp3) is 0.500. The number of carbonyl (C=O) groups is 2. The van der Waals surface area contributed by atoms with E-state index in [1.807, 2.05) is 0 Å². The smallest absolute Gasteiger partial charge is 0.490 e. The molecule has 0 aliphatic heterocycles. The van der Waals surface area contributed by atoms with Crippen molar-refractivity contribution in [1.82, 2.24) is 0 Å². The average molecular weight is 477 g/mol. The summed E-state index contributed by atoms with van der Waals surface area (Å²) in [6.07, 6.45) is -10.2. The van der Waals surface area contributed by atoms with E-state index in [1.54, 1.807) is 0 Å². The molecule has 0 bridgehead atoms. The van der Waals surface area contributed by atoms with Crippen molar-refractivity contribution in [2.45, 2.75) is 12.4 Å². The second-order valence-electron chi connectivity index (χ2n) is 1.61. The third kappa shape index (κ3) is 21.8. The third-order valence-electron chi connectivity index (χ3n) is 0.485. The summed E-state index contributed by atoms with van der Waals surface area (Å²) in [5.41, 5.74) is 0. The minimum Gasteiger partial charge on any atom is -1.00 e. The van der Waals surface area contributed by atoms with Gasteiger partial charge < -0.3 is 35.0 Å². The quantitative estimate of drug-likeness (QED) is 0.272. The van der Waals surface area contributed by atoms with E-state index in [2.05, 4.69) is 0 Å². The first kappa shape index (κ1) is 30.2. The Morgan fingerprint density at radius 2 is 0.765 bits per heavy atom. The maximum Gasteiger partial charge on any atom is 0.490 e. The number of alkyl halides is 6. The van der Waals surface area contributed by atoms with Crippen LogP contribution in [0.1, 0.15) is 0 Å². The topological polar surface area (TPSA) is 74.6 Å². The summed E-state index contributed by atoms with van der Waals surface area (Å²) in [5, 5.41) is 14.2. The van der Waals surface area contributed by atoms with Gasteiger partial charge in [0.05, 0.1) is 0 Å². The van der Waals surface area contributed by atoms with E-state index in [9.17, 15) is 26.3 Å². The summed E-state index contributed by atoms with van der Waals surface area (Å²) in [7, 11) is 0. The Balaban J connectivity index is -0.0000000480. The molecular formula is C4H2Cl2F6HfO4-2. The zero-order chi connectivity index (χ0) is 12.2. The van der Waals surface area contributed by atoms with Crippen LogP contribution in [0.15, 0.2) is 0 Å². The summed E-state index contributed by atoms with van der Waals surface area (Å²) >= 11 is 0. The van der Waals surface area contributed by atoms with E-state index in [0.717, 1.165) is 0 Å². The standard InChI is InChI=1S/2C2HF3O2.2ClH.Hf/c2*3-2(4,5)1(6)7;;;/h2*(H,6,7);2*1H;/p-2. The van der Waals surface area contributed by atoms with Gasteiger partial charge in [-0.2, -0.15) is 26.3 Å². The molecule has 0 unspecified atom stereocenters. The van der Waals surface area contributed by atoms with Gasteiger partial charge in [0, 0.05) is 25.8 Å². The van der Waals surface area contributed by atoms with E-state index in [1.165, 1.54) is 0 Å². The van der Waals surface area contributed by atoms with Crippen LogP contribution < -0.4 is 24.8 Å². The molecule has 0 aliphatic carbocycles. The summed E-state index contributed by atoms with van der Waals surface area (Å²) in [5.74, 6) is -5.51. The van der Waals surface area contributed by atoms with Gasteiger partial charge in [-0.25, -0.2) is 9.59 Å². The number of carboxylic acid groups (broad SMARTS) is 2. The van der Waals surface area contributed by atoms with Crippen LogP contribution in [-0.4, -0.2) is 34.5 Å². The first-order valence-electron chi connectivity index (χ1n) is 2.49. The fourth-order valence-corrected chi connectivity index (χ4v) is 0. The van der Waals surface area contributed by atoms with Crippen molar-refractivity contribution < 1.29 is 96.8 Å². The van der Waals surface area contributed by atoms with E-state index in [0.29, 0.717) is 0 Å². The Bertz CT molecular complexity index is 205. The van der Waals surface area contributed by atoms with Crippen molar-refractivity contribution in [3.8, 4) is 0 Å². The molecular weight excluding hydrogens is 475 g/mol. The zero-order valence-corrected chi connectivity index (χ0v) is 12.3. The second kappa shape index (κ2) is 11.1. The molecule has 0 rings (SSSR count). The van der Waals surface area contributed by atoms with Crippen molar-refractivity contribution in [2.75, 3.05) is 0 Å². The Morgan fingerprint density at radius 3 is 0.765 bits per heavy atom. The van der Waals surface area contributed by atoms with Crippen LogP contribution in [0.3, 0.4) is 0 Å². The molecule has 0 amide bonds. The number of hydrogen-bond acceptors (Lipinski definition) is 2. The van der Waals surface area contributed by atoms with Crippen molar-refractivity contribution in [1.29, 1.82) is 0 Å². The van der Waals surface area contributed by atoms with E-state index < -0.39 is 24.3 Å². The van der Waals surface area contributed by atoms with Gasteiger partial charge in [0.25, 0.3) is 0 Å². The van der Waals surface area contributed by atoms with Gasteiger partial charge in [0.15, 0.2) is 0 Å². The number of hydrogen-bond donors (Lipinski definition) is 2. The SMILES string of the molecule is O=C(O)C(F)(F)F.O=C(O)C(F)(F)F.[Cl-].[Cl-].[Hf]. The normalized spacial score (nSPS) is 9.29. The molecule has 0 radical (unpaired) electrons. The second-order valence-corrected chi connectivity index (χ2v) is 1.61.